The van der Waals surface area contributed by atoms with Crippen LogP contribution < -0.4 is 10.6 Å². The fraction of sp³-hybridized carbons (Fsp3) is 0.250. The van der Waals surface area contributed by atoms with Gasteiger partial charge in [-0.2, -0.15) is 5.10 Å². The molecule has 3 aromatic heterocycles. The molecule has 4 aromatic rings. The standard InChI is InChI=1S/C20H17ClFN7O3/c21-16-15(10-5-24-28-18(10)19(17(16)22)27-14(31)3-4-30)11-7-29-8-12(25-13(29)6-23-11)26-20(32)9-1-2-9/h5-9,30H,1-4H2,(H,24,28)(H,26,32)(H,27,31). The van der Waals surface area contributed by atoms with E-state index in [4.69, 9.17) is 16.7 Å². The van der Waals surface area contributed by atoms with Crippen LogP contribution in [0.3, 0.4) is 0 Å². The number of fused-ring (bicyclic) bond motifs is 2. The number of H-pyrrole nitrogens is 1. The number of benzene rings is 1. The van der Waals surface area contributed by atoms with Gasteiger partial charge in [0.05, 0.1) is 47.9 Å². The molecule has 4 N–H and O–H groups in total. The molecule has 0 bridgehead atoms. The van der Waals surface area contributed by atoms with E-state index in [0.29, 0.717) is 22.5 Å². The van der Waals surface area contributed by atoms with E-state index in [2.05, 4.69) is 30.8 Å². The molecule has 164 valence electrons. The highest BCUT2D eigenvalue weighted by molar-refractivity contribution is 6.36. The fourth-order valence-electron chi connectivity index (χ4n) is 3.45. The minimum Gasteiger partial charge on any atom is -0.396 e. The maximum absolute atomic E-state index is 15.1. The first-order valence-corrected chi connectivity index (χ1v) is 10.2. The first-order valence-electron chi connectivity index (χ1n) is 9.87. The van der Waals surface area contributed by atoms with Gasteiger partial charge in [0.2, 0.25) is 11.8 Å². The SMILES string of the molecule is O=C(CCO)Nc1c(F)c(Cl)c(-c2cn3cc(NC(=O)C4CC4)nc3cn2)c2cn[nH]c12. The summed E-state index contributed by atoms with van der Waals surface area (Å²) in [6.07, 6.45) is 7.77. The molecule has 0 saturated heterocycles. The lowest BCUT2D eigenvalue weighted by Gasteiger charge is -2.13. The van der Waals surface area contributed by atoms with Crippen molar-refractivity contribution in [1.29, 1.82) is 0 Å². The lowest BCUT2D eigenvalue weighted by atomic mass is 10.1. The van der Waals surface area contributed by atoms with Crippen molar-refractivity contribution in [2.75, 3.05) is 17.2 Å². The second-order valence-corrected chi connectivity index (χ2v) is 7.86. The number of carbonyl (C=O) groups is 2. The summed E-state index contributed by atoms with van der Waals surface area (Å²) in [6, 6.07) is 0. The van der Waals surface area contributed by atoms with E-state index in [-0.39, 0.29) is 46.6 Å². The van der Waals surface area contributed by atoms with Crippen LogP contribution in [-0.2, 0) is 9.59 Å². The van der Waals surface area contributed by atoms with Crippen molar-refractivity contribution in [3.05, 3.63) is 35.6 Å². The molecule has 1 aliphatic carbocycles. The summed E-state index contributed by atoms with van der Waals surface area (Å²) in [4.78, 5) is 32.6. The van der Waals surface area contributed by atoms with E-state index in [1.165, 1.54) is 12.4 Å². The first-order chi connectivity index (χ1) is 15.5. The molecule has 10 nitrogen and oxygen atoms in total. The van der Waals surface area contributed by atoms with Crippen molar-refractivity contribution in [3.63, 3.8) is 0 Å². The summed E-state index contributed by atoms with van der Waals surface area (Å²) in [5.41, 5.74) is 1.20. The third-order valence-corrected chi connectivity index (χ3v) is 5.55. The number of imidazole rings is 1. The Balaban J connectivity index is 1.56. The number of amides is 2. The van der Waals surface area contributed by atoms with Gasteiger partial charge in [0, 0.05) is 23.1 Å². The molecule has 0 spiro atoms. The lowest BCUT2D eigenvalue weighted by molar-refractivity contribution is -0.117. The van der Waals surface area contributed by atoms with Crippen LogP contribution in [0.15, 0.2) is 24.8 Å². The van der Waals surface area contributed by atoms with Gasteiger partial charge in [-0.1, -0.05) is 11.6 Å². The van der Waals surface area contributed by atoms with E-state index in [0.717, 1.165) is 12.8 Å². The van der Waals surface area contributed by atoms with Gasteiger partial charge in [0.25, 0.3) is 0 Å². The molecule has 1 aromatic carbocycles. The zero-order chi connectivity index (χ0) is 22.4. The van der Waals surface area contributed by atoms with Crippen LogP contribution in [0, 0.1) is 11.7 Å². The molecule has 2 amide bonds. The summed E-state index contributed by atoms with van der Waals surface area (Å²) in [6.45, 7) is -0.372. The largest absolute Gasteiger partial charge is 0.396 e. The molecule has 1 aliphatic rings. The second-order valence-electron chi connectivity index (χ2n) is 7.49. The summed E-state index contributed by atoms with van der Waals surface area (Å²) >= 11 is 6.36. The Morgan fingerprint density at radius 3 is 2.84 bits per heavy atom. The Hall–Kier alpha value is -3.57. The third kappa shape index (κ3) is 3.55. The van der Waals surface area contributed by atoms with Crippen LogP contribution >= 0.6 is 11.6 Å². The average Bonchev–Trinajstić information content (AvgIpc) is 3.38. The molecular weight excluding hydrogens is 441 g/mol. The number of aromatic nitrogens is 5. The van der Waals surface area contributed by atoms with Gasteiger partial charge in [-0.15, -0.1) is 0 Å². The van der Waals surface area contributed by atoms with E-state index in [1.54, 1.807) is 16.8 Å². The third-order valence-electron chi connectivity index (χ3n) is 5.19. The predicted molar refractivity (Wildman–Crippen MR) is 115 cm³/mol. The van der Waals surface area contributed by atoms with Gasteiger partial charge in [-0.25, -0.2) is 9.37 Å². The summed E-state index contributed by atoms with van der Waals surface area (Å²) < 4.78 is 16.8. The number of carbonyl (C=O) groups excluding carboxylic acids is 2. The highest BCUT2D eigenvalue weighted by Gasteiger charge is 2.30. The zero-order valence-electron chi connectivity index (χ0n) is 16.5. The Labute approximate surface area is 184 Å². The number of aliphatic hydroxyl groups excluding tert-OH is 1. The second kappa shape index (κ2) is 7.84. The van der Waals surface area contributed by atoms with Crippen molar-refractivity contribution >= 4 is 51.5 Å². The summed E-state index contributed by atoms with van der Waals surface area (Å²) in [7, 11) is 0. The maximum Gasteiger partial charge on any atom is 0.228 e. The van der Waals surface area contributed by atoms with Gasteiger partial charge < -0.3 is 20.1 Å². The fourth-order valence-corrected chi connectivity index (χ4v) is 3.74. The van der Waals surface area contributed by atoms with Gasteiger partial charge in [-0.05, 0) is 12.8 Å². The number of halogens is 2. The molecule has 3 heterocycles. The normalized spacial score (nSPS) is 13.6. The number of nitrogens with zero attached hydrogens (tertiary/aromatic N) is 4. The van der Waals surface area contributed by atoms with Crippen LogP contribution in [-0.4, -0.2) is 48.1 Å². The number of rotatable bonds is 6. The lowest BCUT2D eigenvalue weighted by Crippen LogP contribution is -2.14. The number of aliphatic hydroxyl groups is 1. The quantitative estimate of drug-likeness (QED) is 0.351. The number of hydrogen-bond donors (Lipinski definition) is 4. The smallest absolute Gasteiger partial charge is 0.228 e. The Bertz CT molecular complexity index is 1380. The monoisotopic (exact) mass is 457 g/mol. The molecule has 1 saturated carbocycles. The molecule has 5 rings (SSSR count). The number of hydrogen-bond acceptors (Lipinski definition) is 6. The average molecular weight is 458 g/mol. The van der Waals surface area contributed by atoms with Crippen molar-refractivity contribution in [1.82, 2.24) is 24.6 Å². The number of nitrogens with one attached hydrogen (secondary N) is 3. The minimum atomic E-state index is -0.852. The van der Waals surface area contributed by atoms with Crippen LogP contribution in [0.4, 0.5) is 15.9 Å². The highest BCUT2D eigenvalue weighted by atomic mass is 35.5. The summed E-state index contributed by atoms with van der Waals surface area (Å²) in [5.74, 6) is -1.04. The van der Waals surface area contributed by atoms with Crippen LogP contribution in [0.25, 0.3) is 27.8 Å². The van der Waals surface area contributed by atoms with Crippen LogP contribution in [0.5, 0.6) is 0 Å². The zero-order valence-corrected chi connectivity index (χ0v) is 17.3. The molecule has 0 radical (unpaired) electrons. The predicted octanol–water partition coefficient (Wildman–Crippen LogP) is 2.73. The molecule has 0 atom stereocenters. The Morgan fingerprint density at radius 1 is 1.28 bits per heavy atom. The van der Waals surface area contributed by atoms with Gasteiger partial charge in [-0.3, -0.25) is 19.7 Å². The van der Waals surface area contributed by atoms with E-state index in [9.17, 15) is 9.59 Å². The van der Waals surface area contributed by atoms with Crippen molar-refractivity contribution < 1.29 is 19.1 Å². The van der Waals surface area contributed by atoms with Crippen molar-refractivity contribution in [2.24, 2.45) is 5.92 Å². The van der Waals surface area contributed by atoms with Crippen molar-refractivity contribution in [2.45, 2.75) is 19.3 Å². The minimum absolute atomic E-state index is 0.0426. The topological polar surface area (TPSA) is 137 Å². The molecule has 32 heavy (non-hydrogen) atoms. The summed E-state index contributed by atoms with van der Waals surface area (Å²) in [5, 5.41) is 21.0. The van der Waals surface area contributed by atoms with Gasteiger partial charge in [0.1, 0.15) is 5.69 Å². The maximum atomic E-state index is 15.1. The van der Waals surface area contributed by atoms with Gasteiger partial charge in [0.15, 0.2) is 17.3 Å². The van der Waals surface area contributed by atoms with Crippen molar-refractivity contribution in [3.8, 4) is 11.3 Å². The number of anilines is 2. The van der Waals surface area contributed by atoms with Gasteiger partial charge >= 0.3 is 0 Å². The molecular formula is C20H17ClFN7O3. The van der Waals surface area contributed by atoms with E-state index < -0.39 is 11.7 Å². The highest BCUT2D eigenvalue weighted by Crippen LogP contribution is 2.40. The molecule has 0 aliphatic heterocycles. The Kier molecular flexibility index (Phi) is 4.98. The molecule has 12 heteroatoms. The molecule has 0 unspecified atom stereocenters. The Morgan fingerprint density at radius 2 is 2.09 bits per heavy atom. The van der Waals surface area contributed by atoms with Crippen LogP contribution in [0.2, 0.25) is 5.02 Å². The van der Waals surface area contributed by atoms with Crippen LogP contribution in [0.1, 0.15) is 19.3 Å². The molecule has 1 fully saturated rings. The van der Waals surface area contributed by atoms with E-state index in [1.807, 2.05) is 0 Å². The van der Waals surface area contributed by atoms with E-state index >= 15 is 4.39 Å². The first kappa shape index (κ1) is 20.3. The number of aromatic amines is 1.